The van der Waals surface area contributed by atoms with Crippen LogP contribution in [0.15, 0.2) is 24.3 Å². The summed E-state index contributed by atoms with van der Waals surface area (Å²) in [6, 6.07) is 0.426. The summed E-state index contributed by atoms with van der Waals surface area (Å²) in [6.45, 7) is 0.510. The molecule has 0 fully saturated rings. The second kappa shape index (κ2) is 13.0. The quantitative estimate of drug-likeness (QED) is 0.154. The number of carbonyl (C=O) groups excluding carboxylic acids is 3. The zero-order valence-electron chi connectivity index (χ0n) is 17.9. The average molecular weight is 468 g/mol. The molecule has 0 aliphatic carbocycles. The molecule has 182 valence electrons. The van der Waals surface area contributed by atoms with Gasteiger partial charge in [-0.2, -0.15) is 0 Å². The Kier molecular flexibility index (Phi) is 10.7. The molecule has 0 radical (unpaired) electrons. The molecule has 3 amide bonds. The van der Waals surface area contributed by atoms with E-state index >= 15 is 0 Å². The molecule has 0 saturated heterocycles. The minimum absolute atomic E-state index is 0.0240. The van der Waals surface area contributed by atoms with Gasteiger partial charge in [-0.25, -0.2) is 0 Å². The number of nitrogens with one attached hydrogen (secondary N) is 3. The molecule has 9 N–H and O–H groups in total. The van der Waals surface area contributed by atoms with Crippen molar-refractivity contribution in [3.05, 3.63) is 29.8 Å². The van der Waals surface area contributed by atoms with Crippen LogP contribution in [0, 0.1) is 0 Å². The van der Waals surface area contributed by atoms with Crippen LogP contribution in [0.25, 0.3) is 0 Å². The lowest BCUT2D eigenvalue weighted by Gasteiger charge is -2.24. The highest BCUT2D eigenvalue weighted by Gasteiger charge is 2.29. The van der Waals surface area contributed by atoms with E-state index in [1.165, 1.54) is 31.2 Å². The molecule has 0 aliphatic rings. The van der Waals surface area contributed by atoms with Crippen molar-refractivity contribution >= 4 is 29.7 Å². The molecular formula is C20H28N4O9. The van der Waals surface area contributed by atoms with Crippen molar-refractivity contribution < 1.29 is 44.4 Å². The van der Waals surface area contributed by atoms with Gasteiger partial charge in [0.2, 0.25) is 17.7 Å². The standard InChI is InChI=1S/C20H28N4O9/c1-10(20(32)33)22-18(30)14(6-7-16(27)28)23-19(31)15(24-17(29)13(21)9-25)8-11-2-4-12(26)5-3-11/h2-5,10,13-15,25-26H,6-9,21H2,1H3,(H,22,30)(H,23,31)(H,24,29)(H,27,28)(H,32,33). The van der Waals surface area contributed by atoms with Crippen LogP contribution in [-0.2, 0) is 30.4 Å². The lowest BCUT2D eigenvalue weighted by Crippen LogP contribution is -2.57. The van der Waals surface area contributed by atoms with E-state index in [1.807, 2.05) is 0 Å². The summed E-state index contributed by atoms with van der Waals surface area (Å²) in [7, 11) is 0. The third kappa shape index (κ3) is 9.53. The van der Waals surface area contributed by atoms with E-state index in [0.29, 0.717) is 5.56 Å². The number of hydrogen-bond donors (Lipinski definition) is 8. The van der Waals surface area contributed by atoms with E-state index < -0.39 is 66.9 Å². The van der Waals surface area contributed by atoms with E-state index in [-0.39, 0.29) is 18.6 Å². The molecule has 4 unspecified atom stereocenters. The average Bonchev–Trinajstić information content (AvgIpc) is 2.76. The molecule has 1 aromatic carbocycles. The van der Waals surface area contributed by atoms with Gasteiger partial charge in [-0.05, 0) is 31.0 Å². The van der Waals surface area contributed by atoms with Gasteiger partial charge in [-0.1, -0.05) is 12.1 Å². The number of aliphatic hydroxyl groups excluding tert-OH is 1. The molecule has 4 atom stereocenters. The lowest BCUT2D eigenvalue weighted by molar-refractivity contribution is -0.142. The van der Waals surface area contributed by atoms with Gasteiger partial charge in [0.1, 0.15) is 29.9 Å². The zero-order chi connectivity index (χ0) is 25.1. The second-order valence-corrected chi connectivity index (χ2v) is 7.28. The van der Waals surface area contributed by atoms with Crippen molar-refractivity contribution in [2.24, 2.45) is 5.73 Å². The summed E-state index contributed by atoms with van der Waals surface area (Å²) in [5.41, 5.74) is 6.00. The number of phenolic OH excluding ortho intramolecular Hbond substituents is 1. The molecular weight excluding hydrogens is 440 g/mol. The highest BCUT2D eigenvalue weighted by molar-refractivity contribution is 5.94. The minimum atomic E-state index is -1.40. The van der Waals surface area contributed by atoms with Crippen LogP contribution in [0.5, 0.6) is 5.75 Å². The fourth-order valence-electron chi connectivity index (χ4n) is 2.62. The first-order valence-electron chi connectivity index (χ1n) is 9.94. The first-order valence-corrected chi connectivity index (χ1v) is 9.94. The predicted molar refractivity (Wildman–Crippen MR) is 113 cm³/mol. The van der Waals surface area contributed by atoms with E-state index in [1.54, 1.807) is 0 Å². The summed E-state index contributed by atoms with van der Waals surface area (Å²) in [4.78, 5) is 59.5. The Labute approximate surface area is 189 Å². The van der Waals surface area contributed by atoms with Crippen molar-refractivity contribution in [1.29, 1.82) is 0 Å². The maximum Gasteiger partial charge on any atom is 0.325 e. The zero-order valence-corrected chi connectivity index (χ0v) is 17.9. The van der Waals surface area contributed by atoms with Gasteiger partial charge in [-0.3, -0.25) is 24.0 Å². The number of nitrogens with two attached hydrogens (primary N) is 1. The molecule has 1 aromatic rings. The number of carbonyl (C=O) groups is 5. The Hall–Kier alpha value is -3.71. The number of phenols is 1. The van der Waals surface area contributed by atoms with Crippen LogP contribution in [0.3, 0.4) is 0 Å². The Balaban J connectivity index is 3.08. The molecule has 0 saturated carbocycles. The highest BCUT2D eigenvalue weighted by atomic mass is 16.4. The minimum Gasteiger partial charge on any atom is -0.508 e. The van der Waals surface area contributed by atoms with Crippen LogP contribution < -0.4 is 21.7 Å². The molecule has 13 nitrogen and oxygen atoms in total. The number of carboxylic acids is 2. The fraction of sp³-hybridized carbons (Fsp3) is 0.450. The first kappa shape index (κ1) is 27.3. The predicted octanol–water partition coefficient (Wildman–Crippen LogP) is -2.32. The third-order valence-corrected chi connectivity index (χ3v) is 4.55. The largest absolute Gasteiger partial charge is 0.508 e. The van der Waals surface area contributed by atoms with Crippen LogP contribution >= 0.6 is 0 Å². The number of aliphatic hydroxyl groups is 1. The van der Waals surface area contributed by atoms with Crippen LogP contribution in [0.2, 0.25) is 0 Å². The van der Waals surface area contributed by atoms with E-state index in [2.05, 4.69) is 16.0 Å². The number of hydrogen-bond acceptors (Lipinski definition) is 8. The van der Waals surface area contributed by atoms with Crippen molar-refractivity contribution in [2.75, 3.05) is 6.61 Å². The molecule has 33 heavy (non-hydrogen) atoms. The summed E-state index contributed by atoms with van der Waals surface area (Å²) < 4.78 is 0. The number of aromatic hydroxyl groups is 1. The van der Waals surface area contributed by atoms with E-state index in [9.17, 15) is 29.1 Å². The molecule has 0 aromatic heterocycles. The summed E-state index contributed by atoms with van der Waals surface area (Å²) in [5, 5.41) is 43.2. The van der Waals surface area contributed by atoms with Crippen molar-refractivity contribution in [3.8, 4) is 5.75 Å². The Morgan fingerprint density at radius 1 is 0.909 bits per heavy atom. The molecule has 0 spiro atoms. The van der Waals surface area contributed by atoms with Gasteiger partial charge in [-0.15, -0.1) is 0 Å². The Bertz CT molecular complexity index is 860. The number of carboxylic acid groups (broad SMARTS) is 2. The number of aliphatic carboxylic acids is 2. The fourth-order valence-corrected chi connectivity index (χ4v) is 2.62. The van der Waals surface area contributed by atoms with Crippen LogP contribution in [0.1, 0.15) is 25.3 Å². The molecule has 1 rings (SSSR count). The summed E-state index contributed by atoms with van der Waals surface area (Å²) in [5.74, 6) is -5.22. The van der Waals surface area contributed by atoms with E-state index in [0.717, 1.165) is 0 Å². The molecule has 0 aliphatic heterocycles. The third-order valence-electron chi connectivity index (χ3n) is 4.55. The van der Waals surface area contributed by atoms with Gasteiger partial charge in [0.25, 0.3) is 0 Å². The monoisotopic (exact) mass is 468 g/mol. The topological polar surface area (TPSA) is 228 Å². The van der Waals surface area contributed by atoms with Crippen molar-refractivity contribution in [3.63, 3.8) is 0 Å². The summed E-state index contributed by atoms with van der Waals surface area (Å²) >= 11 is 0. The lowest BCUT2D eigenvalue weighted by atomic mass is 10.0. The maximum atomic E-state index is 12.9. The van der Waals surface area contributed by atoms with Crippen molar-refractivity contribution in [2.45, 2.75) is 50.4 Å². The number of benzene rings is 1. The first-order chi connectivity index (χ1) is 15.4. The second-order valence-electron chi connectivity index (χ2n) is 7.28. The smallest absolute Gasteiger partial charge is 0.325 e. The normalized spacial score (nSPS) is 14.3. The van der Waals surface area contributed by atoms with Gasteiger partial charge in [0.05, 0.1) is 6.61 Å². The van der Waals surface area contributed by atoms with E-state index in [4.69, 9.17) is 21.1 Å². The van der Waals surface area contributed by atoms with Crippen LogP contribution in [0.4, 0.5) is 0 Å². The highest BCUT2D eigenvalue weighted by Crippen LogP contribution is 2.12. The van der Waals surface area contributed by atoms with Gasteiger partial charge in [0.15, 0.2) is 0 Å². The number of rotatable bonds is 13. The maximum absolute atomic E-state index is 12.9. The Morgan fingerprint density at radius 3 is 1.97 bits per heavy atom. The Morgan fingerprint density at radius 2 is 1.45 bits per heavy atom. The molecule has 0 bridgehead atoms. The molecule has 0 heterocycles. The summed E-state index contributed by atoms with van der Waals surface area (Å²) in [6.07, 6.45) is -0.922. The SMILES string of the molecule is CC(NC(=O)C(CCC(=O)O)NC(=O)C(Cc1ccc(O)cc1)NC(=O)C(N)CO)C(=O)O. The van der Waals surface area contributed by atoms with Crippen LogP contribution in [-0.4, -0.2) is 80.9 Å². The van der Waals surface area contributed by atoms with Gasteiger partial charge >= 0.3 is 11.9 Å². The van der Waals surface area contributed by atoms with Gasteiger partial charge < -0.3 is 42.1 Å². The van der Waals surface area contributed by atoms with Crippen molar-refractivity contribution in [1.82, 2.24) is 16.0 Å². The molecule has 13 heteroatoms. The number of amides is 3. The van der Waals surface area contributed by atoms with Gasteiger partial charge in [0, 0.05) is 12.8 Å².